The number of benzene rings is 1. The Labute approximate surface area is 111 Å². The van der Waals surface area contributed by atoms with E-state index in [1.165, 1.54) is 0 Å². The fourth-order valence-electron chi connectivity index (χ4n) is 1.59. The summed E-state index contributed by atoms with van der Waals surface area (Å²) in [6, 6.07) is 11.2. The van der Waals surface area contributed by atoms with E-state index in [2.05, 4.69) is 10.3 Å². The lowest BCUT2D eigenvalue weighted by atomic mass is 10.2. The van der Waals surface area contributed by atoms with Gasteiger partial charge in [0.2, 0.25) is 5.91 Å². The van der Waals surface area contributed by atoms with Gasteiger partial charge in [-0.2, -0.15) is 0 Å². The summed E-state index contributed by atoms with van der Waals surface area (Å²) in [6.45, 7) is 0.443. The van der Waals surface area contributed by atoms with Crippen LogP contribution in [0, 0.1) is 0 Å². The van der Waals surface area contributed by atoms with Crippen LogP contribution in [-0.2, 0) is 17.8 Å². The van der Waals surface area contributed by atoms with Crippen LogP contribution in [-0.4, -0.2) is 10.9 Å². The summed E-state index contributed by atoms with van der Waals surface area (Å²) in [5.41, 5.74) is 1.81. The van der Waals surface area contributed by atoms with Gasteiger partial charge in [-0.25, -0.2) is 0 Å². The maximum Gasteiger partial charge on any atom is 0.224 e. The topological polar surface area (TPSA) is 42.0 Å². The number of hydrogen-bond acceptors (Lipinski definition) is 2. The average molecular weight is 261 g/mol. The number of halogens is 1. The summed E-state index contributed by atoms with van der Waals surface area (Å²) in [5, 5.41) is 3.50. The van der Waals surface area contributed by atoms with Gasteiger partial charge in [-0.05, 0) is 23.3 Å². The third-order valence-electron chi connectivity index (χ3n) is 2.52. The van der Waals surface area contributed by atoms with Crippen molar-refractivity contribution in [1.82, 2.24) is 10.3 Å². The van der Waals surface area contributed by atoms with E-state index in [-0.39, 0.29) is 5.91 Å². The second kappa shape index (κ2) is 6.17. The van der Waals surface area contributed by atoms with Crippen molar-refractivity contribution in [2.75, 3.05) is 0 Å². The Morgan fingerprint density at radius 1 is 1.22 bits per heavy atom. The van der Waals surface area contributed by atoms with Crippen LogP contribution in [0.5, 0.6) is 0 Å². The quantitative estimate of drug-likeness (QED) is 0.918. The largest absolute Gasteiger partial charge is 0.352 e. The third-order valence-corrected chi connectivity index (χ3v) is 2.89. The molecule has 0 saturated heterocycles. The molecule has 0 atom stereocenters. The summed E-state index contributed by atoms with van der Waals surface area (Å²) in [6.07, 6.45) is 3.71. The van der Waals surface area contributed by atoms with Gasteiger partial charge < -0.3 is 5.32 Å². The average Bonchev–Trinajstić information content (AvgIpc) is 2.39. The number of nitrogens with zero attached hydrogens (tertiary/aromatic N) is 1. The van der Waals surface area contributed by atoms with Gasteiger partial charge in [0.05, 0.1) is 6.42 Å². The number of nitrogens with one attached hydrogen (secondary N) is 1. The molecule has 3 nitrogen and oxygen atoms in total. The number of carbonyl (C=O) groups excluding carboxylic acids is 1. The maximum atomic E-state index is 11.7. The van der Waals surface area contributed by atoms with Gasteiger partial charge in [0.15, 0.2) is 0 Å². The molecule has 0 bridgehead atoms. The van der Waals surface area contributed by atoms with Gasteiger partial charge >= 0.3 is 0 Å². The standard InChI is InChI=1S/C14H13ClN2O/c15-13-6-2-1-5-12(13)10-17-14(18)8-11-4-3-7-16-9-11/h1-7,9H,8,10H2,(H,17,18). The second-order valence-electron chi connectivity index (χ2n) is 3.91. The highest BCUT2D eigenvalue weighted by Gasteiger charge is 2.04. The van der Waals surface area contributed by atoms with Crippen molar-refractivity contribution >= 4 is 17.5 Å². The molecule has 0 radical (unpaired) electrons. The van der Waals surface area contributed by atoms with Crippen LogP contribution in [0.3, 0.4) is 0 Å². The Balaban J connectivity index is 1.88. The van der Waals surface area contributed by atoms with E-state index < -0.39 is 0 Å². The van der Waals surface area contributed by atoms with Crippen molar-refractivity contribution in [2.45, 2.75) is 13.0 Å². The SMILES string of the molecule is O=C(Cc1cccnc1)NCc1ccccc1Cl. The molecule has 1 N–H and O–H groups in total. The van der Waals surface area contributed by atoms with Crippen molar-refractivity contribution in [3.63, 3.8) is 0 Å². The number of rotatable bonds is 4. The number of aromatic nitrogens is 1. The number of pyridine rings is 1. The Bertz CT molecular complexity index is 528. The van der Waals surface area contributed by atoms with Gasteiger partial charge in [0, 0.05) is 24.0 Å². The first kappa shape index (κ1) is 12.6. The van der Waals surface area contributed by atoms with Gasteiger partial charge in [-0.3, -0.25) is 9.78 Å². The van der Waals surface area contributed by atoms with Crippen LogP contribution < -0.4 is 5.32 Å². The monoisotopic (exact) mass is 260 g/mol. The number of amides is 1. The zero-order chi connectivity index (χ0) is 12.8. The van der Waals surface area contributed by atoms with E-state index in [0.29, 0.717) is 18.0 Å². The van der Waals surface area contributed by atoms with Gasteiger partial charge in [-0.1, -0.05) is 35.9 Å². The molecule has 4 heteroatoms. The highest BCUT2D eigenvalue weighted by Crippen LogP contribution is 2.14. The lowest BCUT2D eigenvalue weighted by Gasteiger charge is -2.06. The first-order valence-electron chi connectivity index (χ1n) is 5.65. The van der Waals surface area contributed by atoms with E-state index >= 15 is 0 Å². The summed E-state index contributed by atoms with van der Waals surface area (Å²) in [4.78, 5) is 15.7. The Kier molecular flexibility index (Phi) is 4.31. The van der Waals surface area contributed by atoms with E-state index in [9.17, 15) is 4.79 Å². The fourth-order valence-corrected chi connectivity index (χ4v) is 1.79. The highest BCUT2D eigenvalue weighted by atomic mass is 35.5. The first-order valence-corrected chi connectivity index (χ1v) is 6.02. The van der Waals surface area contributed by atoms with Gasteiger partial charge in [0.1, 0.15) is 0 Å². The summed E-state index contributed by atoms with van der Waals surface area (Å²) in [5.74, 6) is -0.0390. The van der Waals surface area contributed by atoms with Crippen molar-refractivity contribution in [3.05, 3.63) is 64.9 Å². The molecule has 1 amide bonds. The van der Waals surface area contributed by atoms with Crippen molar-refractivity contribution in [1.29, 1.82) is 0 Å². The van der Waals surface area contributed by atoms with Crippen LogP contribution in [0.4, 0.5) is 0 Å². The van der Waals surface area contributed by atoms with E-state index in [0.717, 1.165) is 11.1 Å². The zero-order valence-electron chi connectivity index (χ0n) is 9.77. The normalized spacial score (nSPS) is 10.1. The number of carbonyl (C=O) groups is 1. The summed E-state index contributed by atoms with van der Waals surface area (Å²) >= 11 is 6.01. The molecule has 2 aromatic rings. The smallest absolute Gasteiger partial charge is 0.224 e. The van der Waals surface area contributed by atoms with E-state index in [1.54, 1.807) is 12.4 Å². The first-order chi connectivity index (χ1) is 8.75. The van der Waals surface area contributed by atoms with Gasteiger partial charge in [0.25, 0.3) is 0 Å². The molecular formula is C14H13ClN2O. The van der Waals surface area contributed by atoms with Gasteiger partial charge in [-0.15, -0.1) is 0 Å². The second-order valence-corrected chi connectivity index (χ2v) is 4.31. The Morgan fingerprint density at radius 3 is 2.78 bits per heavy atom. The molecule has 0 aliphatic rings. The minimum Gasteiger partial charge on any atom is -0.352 e. The predicted octanol–water partition coefficient (Wildman–Crippen LogP) is 2.59. The zero-order valence-corrected chi connectivity index (χ0v) is 10.5. The minimum atomic E-state index is -0.0390. The Morgan fingerprint density at radius 2 is 2.06 bits per heavy atom. The van der Waals surface area contributed by atoms with Crippen LogP contribution in [0.2, 0.25) is 5.02 Å². The summed E-state index contributed by atoms with van der Waals surface area (Å²) < 4.78 is 0. The molecule has 0 aliphatic carbocycles. The molecule has 0 saturated carbocycles. The molecule has 0 spiro atoms. The summed E-state index contributed by atoms with van der Waals surface area (Å²) in [7, 11) is 0. The van der Waals surface area contributed by atoms with Crippen LogP contribution >= 0.6 is 11.6 Å². The Hall–Kier alpha value is -1.87. The molecule has 1 aromatic heterocycles. The fraction of sp³-hybridized carbons (Fsp3) is 0.143. The van der Waals surface area contributed by atoms with Crippen LogP contribution in [0.25, 0.3) is 0 Å². The molecule has 1 heterocycles. The maximum absolute atomic E-state index is 11.7. The number of hydrogen-bond donors (Lipinski definition) is 1. The van der Waals surface area contributed by atoms with Crippen molar-refractivity contribution < 1.29 is 4.79 Å². The molecular weight excluding hydrogens is 248 g/mol. The lowest BCUT2D eigenvalue weighted by Crippen LogP contribution is -2.24. The highest BCUT2D eigenvalue weighted by molar-refractivity contribution is 6.31. The molecule has 0 unspecified atom stereocenters. The molecule has 0 aliphatic heterocycles. The van der Waals surface area contributed by atoms with E-state index in [4.69, 9.17) is 11.6 Å². The minimum absolute atomic E-state index is 0.0390. The van der Waals surface area contributed by atoms with Crippen molar-refractivity contribution in [2.24, 2.45) is 0 Å². The lowest BCUT2D eigenvalue weighted by molar-refractivity contribution is -0.120. The van der Waals surface area contributed by atoms with Crippen molar-refractivity contribution in [3.8, 4) is 0 Å². The molecule has 18 heavy (non-hydrogen) atoms. The molecule has 92 valence electrons. The third kappa shape index (κ3) is 3.57. The van der Waals surface area contributed by atoms with Crippen LogP contribution in [0.15, 0.2) is 48.8 Å². The molecule has 2 rings (SSSR count). The molecule has 0 fully saturated rings. The predicted molar refractivity (Wildman–Crippen MR) is 71.2 cm³/mol. The van der Waals surface area contributed by atoms with Crippen LogP contribution in [0.1, 0.15) is 11.1 Å². The molecule has 1 aromatic carbocycles. The van der Waals surface area contributed by atoms with E-state index in [1.807, 2.05) is 36.4 Å².